The monoisotopic (exact) mass is 203 g/mol. The number of likely N-dealkylation sites (N-methyl/N-ethyl adjacent to an activating group) is 1. The van der Waals surface area contributed by atoms with Gasteiger partial charge in [-0.2, -0.15) is 0 Å². The van der Waals surface area contributed by atoms with E-state index in [1.165, 1.54) is 0 Å². The number of nitrogens with two attached hydrogens (primary N) is 1. The predicted molar refractivity (Wildman–Crippen MR) is 55.9 cm³/mol. The number of nitrogens with zero attached hydrogens (tertiary/aromatic N) is 1. The average molecular weight is 203 g/mol. The molecule has 0 aliphatic rings. The molecule has 0 aromatic heterocycles. The second-order valence-corrected chi connectivity index (χ2v) is 3.24. The molecular formula is C9H21N3O2. The molecule has 0 aromatic rings. The zero-order valence-corrected chi connectivity index (χ0v) is 8.99. The van der Waals surface area contributed by atoms with Gasteiger partial charge in [0.1, 0.15) is 0 Å². The lowest BCUT2D eigenvalue weighted by Gasteiger charge is -2.21. The van der Waals surface area contributed by atoms with E-state index in [4.69, 9.17) is 5.73 Å². The predicted octanol–water partition coefficient (Wildman–Crippen LogP) is -1.24. The standard InChI is InChI=1S/C9H21N3O2/c1-3-12(4-2)7-8(13)5-11-6-9(10)14/h8,11,13H,3-7H2,1-2H3,(H2,10,14). The van der Waals surface area contributed by atoms with Gasteiger partial charge in [0.2, 0.25) is 5.91 Å². The molecule has 0 aliphatic carbocycles. The van der Waals surface area contributed by atoms with Gasteiger partial charge in [-0.05, 0) is 13.1 Å². The number of rotatable bonds is 8. The van der Waals surface area contributed by atoms with Gasteiger partial charge in [0.05, 0.1) is 12.6 Å². The minimum Gasteiger partial charge on any atom is -0.390 e. The van der Waals surface area contributed by atoms with Gasteiger partial charge in [-0.25, -0.2) is 0 Å². The number of carbonyl (C=O) groups is 1. The lowest BCUT2D eigenvalue weighted by Crippen LogP contribution is -2.40. The van der Waals surface area contributed by atoms with Crippen molar-refractivity contribution in [2.75, 3.05) is 32.7 Å². The molecule has 1 atom stereocenters. The SMILES string of the molecule is CCN(CC)CC(O)CNCC(N)=O. The van der Waals surface area contributed by atoms with E-state index in [1.54, 1.807) is 0 Å². The summed E-state index contributed by atoms with van der Waals surface area (Å²) in [5, 5.41) is 12.3. The third-order valence-electron chi connectivity index (χ3n) is 2.04. The van der Waals surface area contributed by atoms with Crippen LogP contribution in [0, 0.1) is 0 Å². The molecule has 4 N–H and O–H groups in total. The summed E-state index contributed by atoms with van der Waals surface area (Å²) < 4.78 is 0. The second kappa shape index (κ2) is 7.73. The molecule has 0 aliphatic heterocycles. The summed E-state index contributed by atoms with van der Waals surface area (Å²) in [7, 11) is 0. The topological polar surface area (TPSA) is 78.6 Å². The van der Waals surface area contributed by atoms with Crippen LogP contribution in [0.2, 0.25) is 0 Å². The summed E-state index contributed by atoms with van der Waals surface area (Å²) in [5.41, 5.74) is 4.94. The van der Waals surface area contributed by atoms with Crippen molar-refractivity contribution < 1.29 is 9.90 Å². The molecule has 0 aromatic carbocycles. The van der Waals surface area contributed by atoms with Gasteiger partial charge in [0.15, 0.2) is 0 Å². The molecule has 84 valence electrons. The Bertz CT molecular complexity index is 160. The van der Waals surface area contributed by atoms with Crippen LogP contribution in [-0.2, 0) is 4.79 Å². The van der Waals surface area contributed by atoms with E-state index in [0.29, 0.717) is 13.1 Å². The van der Waals surface area contributed by atoms with Crippen molar-refractivity contribution in [1.82, 2.24) is 10.2 Å². The number of carbonyl (C=O) groups excluding carboxylic acids is 1. The smallest absolute Gasteiger partial charge is 0.231 e. The van der Waals surface area contributed by atoms with E-state index in [9.17, 15) is 9.90 Å². The highest BCUT2D eigenvalue weighted by Gasteiger charge is 2.08. The van der Waals surface area contributed by atoms with Crippen LogP contribution < -0.4 is 11.1 Å². The molecule has 1 amide bonds. The van der Waals surface area contributed by atoms with Gasteiger partial charge in [-0.3, -0.25) is 4.79 Å². The van der Waals surface area contributed by atoms with Crippen LogP contribution in [0.3, 0.4) is 0 Å². The zero-order valence-electron chi connectivity index (χ0n) is 8.99. The van der Waals surface area contributed by atoms with Crippen molar-refractivity contribution in [3.8, 4) is 0 Å². The second-order valence-electron chi connectivity index (χ2n) is 3.24. The van der Waals surface area contributed by atoms with E-state index >= 15 is 0 Å². The number of hydrogen-bond acceptors (Lipinski definition) is 4. The molecule has 5 heteroatoms. The third kappa shape index (κ3) is 6.82. The summed E-state index contributed by atoms with van der Waals surface area (Å²) in [4.78, 5) is 12.5. The van der Waals surface area contributed by atoms with E-state index in [-0.39, 0.29) is 6.54 Å². The maximum atomic E-state index is 10.4. The van der Waals surface area contributed by atoms with Gasteiger partial charge in [0.25, 0.3) is 0 Å². The van der Waals surface area contributed by atoms with Crippen molar-refractivity contribution in [3.63, 3.8) is 0 Å². The van der Waals surface area contributed by atoms with Crippen molar-refractivity contribution >= 4 is 5.91 Å². The van der Waals surface area contributed by atoms with Crippen LogP contribution in [0.1, 0.15) is 13.8 Å². The molecule has 0 spiro atoms. The minimum absolute atomic E-state index is 0.120. The van der Waals surface area contributed by atoms with Gasteiger partial charge in [-0.15, -0.1) is 0 Å². The van der Waals surface area contributed by atoms with Crippen molar-refractivity contribution in [1.29, 1.82) is 0 Å². The van der Waals surface area contributed by atoms with Crippen LogP contribution in [0.15, 0.2) is 0 Å². The molecule has 0 saturated carbocycles. The van der Waals surface area contributed by atoms with Gasteiger partial charge < -0.3 is 21.1 Å². The van der Waals surface area contributed by atoms with E-state index in [2.05, 4.69) is 10.2 Å². The lowest BCUT2D eigenvalue weighted by atomic mass is 10.3. The van der Waals surface area contributed by atoms with E-state index in [1.807, 2.05) is 13.8 Å². The fourth-order valence-electron chi connectivity index (χ4n) is 1.21. The van der Waals surface area contributed by atoms with Crippen LogP contribution in [-0.4, -0.2) is 54.7 Å². The number of nitrogens with one attached hydrogen (secondary N) is 1. The van der Waals surface area contributed by atoms with Gasteiger partial charge in [-0.1, -0.05) is 13.8 Å². The maximum Gasteiger partial charge on any atom is 0.231 e. The first-order valence-corrected chi connectivity index (χ1v) is 4.99. The van der Waals surface area contributed by atoms with Gasteiger partial charge >= 0.3 is 0 Å². The van der Waals surface area contributed by atoms with E-state index < -0.39 is 12.0 Å². The quantitative estimate of drug-likeness (QED) is 0.461. The first-order chi connectivity index (χ1) is 6.60. The Morgan fingerprint density at radius 3 is 2.50 bits per heavy atom. The Hall–Kier alpha value is -0.650. The van der Waals surface area contributed by atoms with Crippen LogP contribution >= 0.6 is 0 Å². The van der Waals surface area contributed by atoms with Crippen LogP contribution in [0.4, 0.5) is 0 Å². The number of aliphatic hydroxyl groups excluding tert-OH is 1. The molecule has 0 bridgehead atoms. The Morgan fingerprint density at radius 2 is 2.07 bits per heavy atom. The van der Waals surface area contributed by atoms with Crippen molar-refractivity contribution in [2.45, 2.75) is 20.0 Å². The molecule has 0 fully saturated rings. The number of primary amides is 1. The molecular weight excluding hydrogens is 182 g/mol. The van der Waals surface area contributed by atoms with Crippen molar-refractivity contribution in [2.24, 2.45) is 5.73 Å². The first-order valence-electron chi connectivity index (χ1n) is 4.99. The maximum absolute atomic E-state index is 10.4. The zero-order chi connectivity index (χ0) is 11.0. The average Bonchev–Trinajstić information content (AvgIpc) is 2.13. The summed E-state index contributed by atoms with van der Waals surface area (Å²) in [6.45, 7) is 7.08. The fourth-order valence-corrected chi connectivity index (χ4v) is 1.21. The summed E-state index contributed by atoms with van der Waals surface area (Å²) in [5.74, 6) is -0.403. The summed E-state index contributed by atoms with van der Waals surface area (Å²) >= 11 is 0. The Kier molecular flexibility index (Phi) is 7.37. The number of amides is 1. The highest BCUT2D eigenvalue weighted by Crippen LogP contribution is 1.90. The number of hydrogen-bond donors (Lipinski definition) is 3. The largest absolute Gasteiger partial charge is 0.390 e. The molecule has 0 heterocycles. The highest BCUT2D eigenvalue weighted by molar-refractivity contribution is 5.75. The van der Waals surface area contributed by atoms with E-state index in [0.717, 1.165) is 13.1 Å². The van der Waals surface area contributed by atoms with Crippen LogP contribution in [0.5, 0.6) is 0 Å². The molecule has 14 heavy (non-hydrogen) atoms. The lowest BCUT2D eigenvalue weighted by molar-refractivity contribution is -0.117. The summed E-state index contributed by atoms with van der Waals surface area (Å²) in [6, 6.07) is 0. The third-order valence-corrected chi connectivity index (χ3v) is 2.04. The number of aliphatic hydroxyl groups is 1. The summed E-state index contributed by atoms with van der Waals surface area (Å²) in [6.07, 6.45) is -0.450. The Morgan fingerprint density at radius 1 is 1.50 bits per heavy atom. The van der Waals surface area contributed by atoms with Gasteiger partial charge in [0, 0.05) is 13.1 Å². The minimum atomic E-state index is -0.450. The molecule has 0 radical (unpaired) electrons. The molecule has 0 saturated heterocycles. The molecule has 5 nitrogen and oxygen atoms in total. The fraction of sp³-hybridized carbons (Fsp3) is 0.889. The molecule has 1 unspecified atom stereocenters. The normalized spacial score (nSPS) is 13.1. The van der Waals surface area contributed by atoms with Crippen molar-refractivity contribution in [3.05, 3.63) is 0 Å². The first kappa shape index (κ1) is 13.4. The van der Waals surface area contributed by atoms with Crippen LogP contribution in [0.25, 0.3) is 0 Å². The highest BCUT2D eigenvalue weighted by atomic mass is 16.3. The Balaban J connectivity index is 3.53. The molecule has 0 rings (SSSR count). The Labute approximate surface area is 85.3 Å².